The lowest BCUT2D eigenvalue weighted by Crippen LogP contribution is -2.45. The molecule has 0 unspecified atom stereocenters. The van der Waals surface area contributed by atoms with Gasteiger partial charge in [0.25, 0.3) is 0 Å². The van der Waals surface area contributed by atoms with E-state index in [2.05, 4.69) is 18.0 Å². The number of aromatic hydroxyl groups is 1. The van der Waals surface area contributed by atoms with Crippen LogP contribution in [0.3, 0.4) is 0 Å². The third-order valence-electron chi connectivity index (χ3n) is 5.77. The summed E-state index contributed by atoms with van der Waals surface area (Å²) in [5.41, 5.74) is 5.92. The normalized spacial score (nSPS) is 15.7. The molecule has 0 bridgehead atoms. The third-order valence-corrected chi connectivity index (χ3v) is 5.77. The van der Waals surface area contributed by atoms with Gasteiger partial charge in [0.2, 0.25) is 0 Å². The Morgan fingerprint density at radius 2 is 1.61 bits per heavy atom. The molecule has 0 fully saturated rings. The Morgan fingerprint density at radius 1 is 0.970 bits per heavy atom. The third kappa shape index (κ3) is 4.50. The number of rotatable bonds is 3. The standard InChI is InChI=1S/C26H28N4O2.ClH/c1-15-12-16(2)22(13-17(15)14-30(4,5)27)29-21-11-10-20(28-3)23-24(21)26(32)19-9-7-6-8-18(19)25(23)31;/h6-13H,14,27H2,1-5H3,(H-,28,29,31,32);1H. The number of aliphatic imine (C=N–C) groups is 2. The Hall–Kier alpha value is -3.19. The van der Waals surface area contributed by atoms with Crippen LogP contribution in [0, 0.1) is 13.8 Å². The van der Waals surface area contributed by atoms with Gasteiger partial charge >= 0.3 is 0 Å². The van der Waals surface area contributed by atoms with Gasteiger partial charge in [-0.05, 0) is 48.6 Å². The van der Waals surface area contributed by atoms with E-state index in [-0.39, 0.29) is 23.9 Å². The predicted molar refractivity (Wildman–Crippen MR) is 136 cm³/mol. The van der Waals surface area contributed by atoms with Crippen LogP contribution in [0.2, 0.25) is 0 Å². The largest absolute Gasteiger partial charge is 0.872 e. The lowest BCUT2D eigenvalue weighted by Gasteiger charge is -2.26. The fraction of sp³-hybridized carbons (Fsp3) is 0.231. The molecule has 1 aliphatic rings. The minimum absolute atomic E-state index is 0. The van der Waals surface area contributed by atoms with Crippen molar-refractivity contribution in [3.05, 3.63) is 76.4 Å². The maximum atomic E-state index is 13.3. The van der Waals surface area contributed by atoms with Gasteiger partial charge in [-0.1, -0.05) is 36.1 Å². The fourth-order valence-electron chi connectivity index (χ4n) is 4.23. The number of halogens is 1. The van der Waals surface area contributed by atoms with E-state index in [4.69, 9.17) is 10.8 Å². The van der Waals surface area contributed by atoms with Crippen molar-refractivity contribution >= 4 is 40.3 Å². The van der Waals surface area contributed by atoms with Crippen LogP contribution in [0.1, 0.15) is 27.8 Å². The molecule has 0 heterocycles. The van der Waals surface area contributed by atoms with Gasteiger partial charge in [0.15, 0.2) is 0 Å². The topological polar surface area (TPSA) is 94.0 Å². The molecule has 3 aromatic rings. The molecule has 3 aromatic carbocycles. The van der Waals surface area contributed by atoms with Crippen molar-refractivity contribution in [2.75, 3.05) is 21.1 Å². The highest BCUT2D eigenvalue weighted by Gasteiger charge is 2.24. The van der Waals surface area contributed by atoms with Crippen LogP contribution in [0.5, 0.6) is 11.5 Å². The highest BCUT2D eigenvalue weighted by atomic mass is 35.5. The zero-order valence-electron chi connectivity index (χ0n) is 19.5. The molecule has 0 saturated heterocycles. The number of phenols is 1. The monoisotopic (exact) mass is 464 g/mol. The van der Waals surface area contributed by atoms with Crippen LogP contribution in [0.15, 0.2) is 58.5 Å². The lowest BCUT2D eigenvalue weighted by atomic mass is 9.88. The summed E-state index contributed by atoms with van der Waals surface area (Å²) >= 11 is 0. The second-order valence-electron chi connectivity index (χ2n) is 8.91. The average molecular weight is 465 g/mol. The van der Waals surface area contributed by atoms with Crippen molar-refractivity contribution < 1.29 is 14.8 Å². The van der Waals surface area contributed by atoms with Crippen LogP contribution >= 0.6 is 12.4 Å². The van der Waals surface area contributed by atoms with E-state index in [1.807, 2.05) is 27.1 Å². The van der Waals surface area contributed by atoms with Crippen LogP contribution < -0.4 is 10.9 Å². The van der Waals surface area contributed by atoms with Crippen LogP contribution in [-0.4, -0.2) is 42.3 Å². The van der Waals surface area contributed by atoms with E-state index in [9.17, 15) is 10.2 Å². The van der Waals surface area contributed by atoms with Crippen molar-refractivity contribution in [3.8, 4) is 11.5 Å². The van der Waals surface area contributed by atoms with Gasteiger partial charge in [0.05, 0.1) is 36.8 Å². The molecule has 0 aliphatic heterocycles. The summed E-state index contributed by atoms with van der Waals surface area (Å²) in [6, 6.07) is 11.2. The van der Waals surface area contributed by atoms with Gasteiger partial charge in [-0.15, -0.1) is 12.4 Å². The Bertz CT molecular complexity index is 1330. The molecule has 0 radical (unpaired) electrons. The average Bonchev–Trinajstić information content (AvgIpc) is 2.74. The van der Waals surface area contributed by atoms with Crippen molar-refractivity contribution in [1.29, 1.82) is 0 Å². The first-order valence-corrected chi connectivity index (χ1v) is 10.5. The number of quaternary nitrogens is 1. The predicted octanol–water partition coefficient (Wildman–Crippen LogP) is 4.22. The second kappa shape index (κ2) is 8.98. The minimum Gasteiger partial charge on any atom is -0.872 e. The van der Waals surface area contributed by atoms with Crippen LogP contribution in [0.4, 0.5) is 5.69 Å². The van der Waals surface area contributed by atoms with Gasteiger partial charge in [0, 0.05) is 23.6 Å². The molecule has 7 heteroatoms. The van der Waals surface area contributed by atoms with E-state index < -0.39 is 0 Å². The number of allylic oxidation sites excluding steroid dienone is 2. The van der Waals surface area contributed by atoms with Gasteiger partial charge in [-0.2, -0.15) is 5.84 Å². The summed E-state index contributed by atoms with van der Waals surface area (Å²) in [5.74, 6) is 6.09. The van der Waals surface area contributed by atoms with E-state index in [0.29, 0.717) is 44.5 Å². The maximum Gasteiger partial charge on any atom is 0.133 e. The minimum atomic E-state index is -0.158. The number of fused-ring (bicyclic) bond motifs is 2. The number of hydrogen-bond acceptors (Lipinski definition) is 5. The molecule has 3 N–H and O–H groups in total. The molecule has 172 valence electrons. The highest BCUT2D eigenvalue weighted by Crippen LogP contribution is 2.41. The second-order valence-corrected chi connectivity index (χ2v) is 8.91. The fourth-order valence-corrected chi connectivity index (χ4v) is 4.23. The first kappa shape index (κ1) is 24.5. The summed E-state index contributed by atoms with van der Waals surface area (Å²) in [5, 5.41) is 25.5. The van der Waals surface area contributed by atoms with E-state index in [0.717, 1.165) is 22.4 Å². The van der Waals surface area contributed by atoms with E-state index in [1.165, 1.54) is 0 Å². The highest BCUT2D eigenvalue weighted by molar-refractivity contribution is 6.30. The van der Waals surface area contributed by atoms with Gasteiger partial charge in [0.1, 0.15) is 12.3 Å². The number of nitrogens with zero attached hydrogens (tertiary/aromatic N) is 3. The Balaban J connectivity index is 0.00000306. The number of phenolic OH excluding ortho intramolecular Hbond substituents is 1. The number of nitrogens with two attached hydrogens (primary N) is 1. The Morgan fingerprint density at radius 3 is 2.24 bits per heavy atom. The lowest BCUT2D eigenvalue weighted by molar-refractivity contribution is -0.915. The number of aryl methyl sites for hydroxylation is 2. The molecule has 0 spiro atoms. The zero-order valence-corrected chi connectivity index (χ0v) is 20.3. The zero-order chi connectivity index (χ0) is 23.2. The molecule has 0 atom stereocenters. The van der Waals surface area contributed by atoms with Crippen molar-refractivity contribution in [1.82, 2.24) is 0 Å². The summed E-state index contributed by atoms with van der Waals surface area (Å²) in [6.45, 7) is 4.73. The van der Waals surface area contributed by atoms with Crippen molar-refractivity contribution in [2.45, 2.75) is 20.4 Å². The van der Waals surface area contributed by atoms with Gasteiger partial charge in [-0.25, -0.2) is 9.58 Å². The Kier molecular flexibility index (Phi) is 6.65. The van der Waals surface area contributed by atoms with Crippen LogP contribution in [-0.2, 0) is 6.54 Å². The molecule has 4 rings (SSSR count). The first-order valence-electron chi connectivity index (χ1n) is 10.5. The van der Waals surface area contributed by atoms with Crippen molar-refractivity contribution in [2.24, 2.45) is 15.8 Å². The number of hydrogen-bond donors (Lipinski definition) is 2. The quantitative estimate of drug-likeness (QED) is 0.345. The summed E-state index contributed by atoms with van der Waals surface area (Å²) in [6.07, 6.45) is 3.58. The molecule has 1 aliphatic carbocycles. The molecule has 6 nitrogen and oxygen atoms in total. The van der Waals surface area contributed by atoms with Gasteiger partial charge in [-0.3, -0.25) is 4.99 Å². The molecule has 0 aromatic heterocycles. The summed E-state index contributed by atoms with van der Waals surface area (Å²) in [4.78, 5) is 9.17. The summed E-state index contributed by atoms with van der Waals surface area (Å²) < 4.78 is 0.311. The number of benzene rings is 3. The Labute approximate surface area is 200 Å². The first-order chi connectivity index (χ1) is 15.1. The molecule has 33 heavy (non-hydrogen) atoms. The summed E-state index contributed by atoms with van der Waals surface area (Å²) in [7, 11) is 5.52. The molecular weight excluding hydrogens is 436 g/mol. The van der Waals surface area contributed by atoms with Gasteiger partial charge < -0.3 is 10.2 Å². The van der Waals surface area contributed by atoms with Crippen LogP contribution in [0.25, 0.3) is 10.8 Å². The van der Waals surface area contributed by atoms with E-state index >= 15 is 0 Å². The molecular formula is C26H29ClN4O2. The molecule has 0 saturated carbocycles. The van der Waals surface area contributed by atoms with Crippen molar-refractivity contribution in [3.63, 3.8) is 0 Å². The SMILES string of the molecule is CN=C1C=CC(=Nc2cc(C[N+](C)(C)N)c(C)cc2C)c2c1c([O-])c1ccccc1c2O.Cl. The molecule has 0 amide bonds. The smallest absolute Gasteiger partial charge is 0.133 e. The van der Waals surface area contributed by atoms with E-state index in [1.54, 1.807) is 43.5 Å². The maximum absolute atomic E-state index is 13.3.